The molecule has 0 fully saturated rings. The van der Waals surface area contributed by atoms with Gasteiger partial charge in [-0.1, -0.05) is 100 Å². The van der Waals surface area contributed by atoms with Crippen molar-refractivity contribution >= 4 is 74.5 Å². The molecular weight excluding hydrogens is 670 g/mol. The molecule has 0 aromatic heterocycles. The second-order valence-corrected chi connectivity index (χ2v) is 12.4. The molecule has 0 saturated heterocycles. The monoisotopic (exact) mass is 695 g/mol. The minimum absolute atomic E-state index is 0.0762. The molecule has 5 aromatic carbocycles. The zero-order valence-electron chi connectivity index (χ0n) is 23.7. The number of hydrogen-bond acceptors (Lipinski definition) is 4. The van der Waals surface area contributed by atoms with E-state index in [0.29, 0.717) is 22.0 Å². The van der Waals surface area contributed by atoms with Crippen LogP contribution in [0, 0.1) is 0 Å². The average Bonchev–Trinajstić information content (AvgIpc) is 3.05. The first-order valence-corrected chi connectivity index (χ1v) is 15.9. The Balaban J connectivity index is 1.37. The summed E-state index contributed by atoms with van der Waals surface area (Å²) in [7, 11) is 0. The zero-order chi connectivity index (χ0) is 31.6. The molecular formula is C36H27BrClN3O3S. The van der Waals surface area contributed by atoms with Crippen LogP contribution in [0.3, 0.4) is 0 Å². The molecule has 1 atom stereocenters. The van der Waals surface area contributed by atoms with Gasteiger partial charge in [-0.25, -0.2) is 0 Å². The molecule has 0 bridgehead atoms. The lowest BCUT2D eigenvalue weighted by Gasteiger charge is -2.18. The first-order chi connectivity index (χ1) is 21.8. The van der Waals surface area contributed by atoms with Crippen molar-refractivity contribution in [3.05, 3.63) is 165 Å². The number of carbonyl (C=O) groups excluding carboxylic acids is 3. The predicted octanol–water partition coefficient (Wildman–Crippen LogP) is 8.98. The van der Waals surface area contributed by atoms with Crippen molar-refractivity contribution in [3.8, 4) is 0 Å². The predicted molar refractivity (Wildman–Crippen MR) is 186 cm³/mol. The van der Waals surface area contributed by atoms with Crippen molar-refractivity contribution < 1.29 is 14.4 Å². The van der Waals surface area contributed by atoms with Crippen LogP contribution in [0.1, 0.15) is 26.7 Å². The van der Waals surface area contributed by atoms with E-state index >= 15 is 0 Å². The van der Waals surface area contributed by atoms with Gasteiger partial charge in [-0.3, -0.25) is 14.4 Å². The summed E-state index contributed by atoms with van der Waals surface area (Å²) in [6.45, 7) is 0. The van der Waals surface area contributed by atoms with Gasteiger partial charge in [0.1, 0.15) is 10.9 Å². The SMILES string of the molecule is O=C(Nc1cccc(SC(C(=O)Nc2cccc(Cl)c2)c2ccccc2)c1)/C(=C/c1ccc(Br)cc1)NC(=O)c1ccccc1. The number of benzene rings is 5. The molecule has 45 heavy (non-hydrogen) atoms. The fourth-order valence-electron chi connectivity index (χ4n) is 4.32. The largest absolute Gasteiger partial charge is 0.325 e. The van der Waals surface area contributed by atoms with Crippen LogP contribution in [-0.4, -0.2) is 17.7 Å². The summed E-state index contributed by atoms with van der Waals surface area (Å²) in [6, 6.07) is 39.7. The lowest BCUT2D eigenvalue weighted by molar-refractivity contribution is -0.116. The van der Waals surface area contributed by atoms with Crippen LogP contribution < -0.4 is 16.0 Å². The van der Waals surface area contributed by atoms with Crippen molar-refractivity contribution in [2.45, 2.75) is 10.1 Å². The van der Waals surface area contributed by atoms with E-state index in [0.717, 1.165) is 20.5 Å². The lowest BCUT2D eigenvalue weighted by atomic mass is 10.1. The minimum atomic E-state index is -0.589. The van der Waals surface area contributed by atoms with Crippen molar-refractivity contribution in [1.82, 2.24) is 5.32 Å². The number of carbonyl (C=O) groups is 3. The molecule has 6 nitrogen and oxygen atoms in total. The summed E-state index contributed by atoms with van der Waals surface area (Å²) < 4.78 is 0.892. The number of halogens is 2. The van der Waals surface area contributed by atoms with Crippen LogP contribution in [0.25, 0.3) is 6.08 Å². The second kappa shape index (κ2) is 15.4. The Bertz CT molecular complexity index is 1830. The quantitative estimate of drug-likeness (QED) is 0.101. The van der Waals surface area contributed by atoms with Crippen molar-refractivity contribution in [2.75, 3.05) is 10.6 Å². The van der Waals surface area contributed by atoms with Crippen LogP contribution in [0.2, 0.25) is 5.02 Å². The van der Waals surface area contributed by atoms with Crippen LogP contribution >= 0.6 is 39.3 Å². The van der Waals surface area contributed by atoms with E-state index in [1.165, 1.54) is 11.8 Å². The molecule has 0 spiro atoms. The van der Waals surface area contributed by atoms with E-state index < -0.39 is 17.1 Å². The lowest BCUT2D eigenvalue weighted by Crippen LogP contribution is -2.30. The van der Waals surface area contributed by atoms with Gasteiger partial charge in [-0.15, -0.1) is 11.8 Å². The van der Waals surface area contributed by atoms with Gasteiger partial charge in [0.05, 0.1) is 0 Å². The van der Waals surface area contributed by atoms with Crippen LogP contribution in [0.5, 0.6) is 0 Å². The van der Waals surface area contributed by atoms with Gasteiger partial charge < -0.3 is 16.0 Å². The standard InChI is InChI=1S/C36H27BrClN3O3S/c37-27-19-17-24(18-20-27)21-32(41-34(42)26-11-5-2-6-12-26)35(43)39-30-15-8-16-31(23-30)45-33(25-9-3-1-4-10-25)36(44)40-29-14-7-13-28(38)22-29/h1-23,33H,(H,39,43)(H,40,44)(H,41,42)/b32-21-. The highest BCUT2D eigenvalue weighted by molar-refractivity contribution is 9.10. The van der Waals surface area contributed by atoms with Crippen LogP contribution in [0.4, 0.5) is 11.4 Å². The molecule has 0 heterocycles. The highest BCUT2D eigenvalue weighted by atomic mass is 79.9. The van der Waals surface area contributed by atoms with Gasteiger partial charge in [0, 0.05) is 31.3 Å². The molecule has 0 aliphatic rings. The molecule has 0 aliphatic heterocycles. The third-order valence-electron chi connectivity index (χ3n) is 6.49. The normalized spacial score (nSPS) is 11.7. The van der Waals surface area contributed by atoms with Gasteiger partial charge in [0.2, 0.25) is 5.91 Å². The number of nitrogens with one attached hydrogen (secondary N) is 3. The number of rotatable bonds is 10. The average molecular weight is 697 g/mol. The van der Waals surface area contributed by atoms with Gasteiger partial charge in [-0.05, 0) is 77.9 Å². The molecule has 0 aliphatic carbocycles. The van der Waals surface area contributed by atoms with Crippen molar-refractivity contribution in [2.24, 2.45) is 0 Å². The summed E-state index contributed by atoms with van der Waals surface area (Å²) in [4.78, 5) is 40.8. The molecule has 0 radical (unpaired) electrons. The number of hydrogen-bond donors (Lipinski definition) is 3. The minimum Gasteiger partial charge on any atom is -0.325 e. The van der Waals surface area contributed by atoms with Crippen molar-refractivity contribution in [1.29, 1.82) is 0 Å². The number of thioether (sulfide) groups is 1. The number of anilines is 2. The molecule has 3 N–H and O–H groups in total. The summed E-state index contributed by atoms with van der Waals surface area (Å²) >= 11 is 10.9. The van der Waals surface area contributed by atoms with Gasteiger partial charge in [0.25, 0.3) is 11.8 Å². The Labute approximate surface area is 279 Å². The smallest absolute Gasteiger partial charge is 0.272 e. The summed E-state index contributed by atoms with van der Waals surface area (Å²) in [5.41, 5.74) is 3.15. The topological polar surface area (TPSA) is 87.3 Å². The maximum absolute atomic E-state index is 13.6. The maximum Gasteiger partial charge on any atom is 0.272 e. The van der Waals surface area contributed by atoms with E-state index in [9.17, 15) is 14.4 Å². The fourth-order valence-corrected chi connectivity index (χ4v) is 5.86. The maximum atomic E-state index is 13.6. The fraction of sp³-hybridized carbons (Fsp3) is 0.0278. The Hall–Kier alpha value is -4.63. The van der Waals surface area contributed by atoms with Crippen molar-refractivity contribution in [3.63, 3.8) is 0 Å². The second-order valence-electron chi connectivity index (χ2n) is 9.82. The third-order valence-corrected chi connectivity index (χ3v) is 8.50. The van der Waals surface area contributed by atoms with E-state index in [1.807, 2.05) is 66.7 Å². The highest BCUT2D eigenvalue weighted by Gasteiger charge is 2.23. The first-order valence-electron chi connectivity index (χ1n) is 13.9. The molecule has 9 heteroatoms. The third kappa shape index (κ3) is 9.18. The molecule has 0 saturated carbocycles. The molecule has 224 valence electrons. The Morgan fingerprint density at radius 2 is 1.36 bits per heavy atom. The van der Waals surface area contributed by atoms with Crippen LogP contribution in [-0.2, 0) is 9.59 Å². The molecule has 1 unspecified atom stereocenters. The summed E-state index contributed by atoms with van der Waals surface area (Å²) in [6.07, 6.45) is 1.62. The summed E-state index contributed by atoms with van der Waals surface area (Å²) in [5.74, 6) is -1.12. The number of amides is 3. The van der Waals surface area contributed by atoms with Gasteiger partial charge >= 0.3 is 0 Å². The van der Waals surface area contributed by atoms with Gasteiger partial charge in [-0.2, -0.15) is 0 Å². The Kier molecular flexibility index (Phi) is 10.9. The highest BCUT2D eigenvalue weighted by Crippen LogP contribution is 2.37. The van der Waals surface area contributed by atoms with E-state index in [-0.39, 0.29) is 11.6 Å². The Morgan fingerprint density at radius 3 is 2.04 bits per heavy atom. The molecule has 5 rings (SSSR count). The summed E-state index contributed by atoms with van der Waals surface area (Å²) in [5, 5.41) is 8.55. The molecule has 3 amide bonds. The Morgan fingerprint density at radius 1 is 0.711 bits per heavy atom. The van der Waals surface area contributed by atoms with E-state index in [2.05, 4.69) is 31.9 Å². The van der Waals surface area contributed by atoms with E-state index in [4.69, 9.17) is 11.6 Å². The van der Waals surface area contributed by atoms with Crippen LogP contribution in [0.15, 0.2) is 149 Å². The van der Waals surface area contributed by atoms with Gasteiger partial charge in [0.15, 0.2) is 0 Å². The molecule has 5 aromatic rings. The first kappa shape index (κ1) is 31.8. The zero-order valence-corrected chi connectivity index (χ0v) is 26.9. The van der Waals surface area contributed by atoms with E-state index in [1.54, 1.807) is 72.8 Å².